The molecular weight excluding hydrogens is 376 g/mol. The van der Waals surface area contributed by atoms with Crippen LogP contribution >= 0.6 is 0 Å². The second kappa shape index (κ2) is 8.38. The molecule has 0 bridgehead atoms. The first kappa shape index (κ1) is 20.1. The van der Waals surface area contributed by atoms with Gasteiger partial charge in [-0.2, -0.15) is 0 Å². The molecule has 0 spiro atoms. The third-order valence-electron chi connectivity index (χ3n) is 7.78. The van der Waals surface area contributed by atoms with Gasteiger partial charge < -0.3 is 4.74 Å². The number of methoxy groups -OCH3 is 1. The van der Waals surface area contributed by atoms with Crippen molar-refractivity contribution in [2.75, 3.05) is 7.11 Å². The number of aryl methyl sites for hydroxylation is 1. The van der Waals surface area contributed by atoms with Gasteiger partial charge in [-0.05, 0) is 82.9 Å². The standard InChI is InChI=1S/C30H32O/c1-30-19-9-14-25(28(30)18-16-24-15-17-26(31-2)21-29(24)30)20-27(22-10-5-3-6-11-22)23-12-7-4-8-13-23/h3-8,10-13,15,17,20-21,25,28H,9,14,16,18-19H2,1-2H3/t25-,28-,30-/m1/s1. The van der Waals surface area contributed by atoms with E-state index in [1.807, 2.05) is 0 Å². The van der Waals surface area contributed by atoms with Crippen LogP contribution < -0.4 is 4.74 Å². The van der Waals surface area contributed by atoms with E-state index in [2.05, 4.69) is 91.9 Å². The van der Waals surface area contributed by atoms with Gasteiger partial charge in [0.25, 0.3) is 0 Å². The highest BCUT2D eigenvalue weighted by atomic mass is 16.5. The highest BCUT2D eigenvalue weighted by molar-refractivity contribution is 5.80. The van der Waals surface area contributed by atoms with Gasteiger partial charge in [0.05, 0.1) is 7.11 Å². The van der Waals surface area contributed by atoms with Gasteiger partial charge in [-0.1, -0.05) is 86.2 Å². The molecule has 0 amide bonds. The Morgan fingerprint density at radius 2 is 1.58 bits per heavy atom. The van der Waals surface area contributed by atoms with Crippen LogP contribution in [0.1, 0.15) is 54.9 Å². The van der Waals surface area contributed by atoms with E-state index in [1.165, 1.54) is 59.9 Å². The van der Waals surface area contributed by atoms with Crippen LogP contribution in [0.5, 0.6) is 5.75 Å². The van der Waals surface area contributed by atoms with Crippen molar-refractivity contribution in [1.29, 1.82) is 0 Å². The summed E-state index contributed by atoms with van der Waals surface area (Å²) in [5.41, 5.74) is 7.29. The van der Waals surface area contributed by atoms with Crippen LogP contribution in [-0.4, -0.2) is 7.11 Å². The zero-order valence-corrected chi connectivity index (χ0v) is 18.7. The normalized spacial score (nSPS) is 24.6. The van der Waals surface area contributed by atoms with Gasteiger partial charge in [-0.25, -0.2) is 0 Å². The molecule has 2 aliphatic carbocycles. The Morgan fingerprint density at radius 3 is 2.23 bits per heavy atom. The predicted octanol–water partition coefficient (Wildman–Crippen LogP) is 7.45. The third kappa shape index (κ3) is 3.71. The minimum absolute atomic E-state index is 0.222. The first-order valence-electron chi connectivity index (χ1n) is 11.7. The van der Waals surface area contributed by atoms with Crippen molar-refractivity contribution in [2.45, 2.75) is 44.4 Å². The molecule has 1 fully saturated rings. The molecule has 0 heterocycles. The first-order valence-corrected chi connectivity index (χ1v) is 11.7. The minimum Gasteiger partial charge on any atom is -0.497 e. The number of hydrogen-bond donors (Lipinski definition) is 0. The smallest absolute Gasteiger partial charge is 0.119 e. The summed E-state index contributed by atoms with van der Waals surface area (Å²) in [6.07, 6.45) is 8.89. The molecule has 0 aliphatic heterocycles. The molecule has 31 heavy (non-hydrogen) atoms. The van der Waals surface area contributed by atoms with Crippen molar-refractivity contribution < 1.29 is 4.74 Å². The number of ether oxygens (including phenoxy) is 1. The third-order valence-corrected chi connectivity index (χ3v) is 7.78. The van der Waals surface area contributed by atoms with Crippen LogP contribution in [0.3, 0.4) is 0 Å². The molecule has 3 aromatic rings. The molecule has 0 N–H and O–H groups in total. The van der Waals surface area contributed by atoms with Gasteiger partial charge in [0.2, 0.25) is 0 Å². The van der Waals surface area contributed by atoms with E-state index < -0.39 is 0 Å². The molecule has 2 aliphatic rings. The van der Waals surface area contributed by atoms with E-state index in [0.29, 0.717) is 11.8 Å². The average Bonchev–Trinajstić information content (AvgIpc) is 2.83. The Balaban J connectivity index is 1.57. The lowest BCUT2D eigenvalue weighted by Gasteiger charge is -2.50. The average molecular weight is 409 g/mol. The predicted molar refractivity (Wildman–Crippen MR) is 129 cm³/mol. The van der Waals surface area contributed by atoms with Crippen molar-refractivity contribution in [2.24, 2.45) is 11.8 Å². The Bertz CT molecular complexity index is 1020. The Morgan fingerprint density at radius 1 is 0.903 bits per heavy atom. The number of fused-ring (bicyclic) bond motifs is 3. The van der Waals surface area contributed by atoms with Gasteiger partial charge in [0.1, 0.15) is 5.75 Å². The summed E-state index contributed by atoms with van der Waals surface area (Å²) in [5, 5.41) is 0. The molecule has 3 atom stereocenters. The Kier molecular flexibility index (Phi) is 5.44. The zero-order chi connectivity index (χ0) is 21.3. The van der Waals surface area contributed by atoms with E-state index in [1.54, 1.807) is 7.11 Å². The maximum Gasteiger partial charge on any atom is 0.119 e. The minimum atomic E-state index is 0.222. The van der Waals surface area contributed by atoms with E-state index in [9.17, 15) is 0 Å². The number of allylic oxidation sites excluding steroid dienone is 1. The van der Waals surface area contributed by atoms with Gasteiger partial charge in [-0.3, -0.25) is 0 Å². The van der Waals surface area contributed by atoms with Crippen LogP contribution in [0.4, 0.5) is 0 Å². The van der Waals surface area contributed by atoms with Crippen LogP contribution in [0.2, 0.25) is 0 Å². The van der Waals surface area contributed by atoms with Crippen molar-refractivity contribution in [3.05, 3.63) is 107 Å². The topological polar surface area (TPSA) is 9.23 Å². The number of rotatable bonds is 4. The van der Waals surface area contributed by atoms with E-state index in [-0.39, 0.29) is 5.41 Å². The van der Waals surface area contributed by atoms with Gasteiger partial charge >= 0.3 is 0 Å². The van der Waals surface area contributed by atoms with E-state index >= 15 is 0 Å². The summed E-state index contributed by atoms with van der Waals surface area (Å²) < 4.78 is 5.60. The molecule has 0 aromatic heterocycles. The maximum atomic E-state index is 5.60. The SMILES string of the molecule is COc1ccc2c(c1)[C@]1(C)CCC[C@H](C=C(c3ccccc3)c3ccccc3)[C@H]1CC2. The summed E-state index contributed by atoms with van der Waals surface area (Å²) in [5.74, 6) is 2.25. The summed E-state index contributed by atoms with van der Waals surface area (Å²) >= 11 is 0. The first-order chi connectivity index (χ1) is 15.2. The Labute approximate surface area is 186 Å². The fraction of sp³-hybridized carbons (Fsp3) is 0.333. The molecule has 158 valence electrons. The molecule has 1 nitrogen and oxygen atoms in total. The molecule has 0 radical (unpaired) electrons. The molecule has 5 rings (SSSR count). The summed E-state index contributed by atoms with van der Waals surface area (Å²) in [4.78, 5) is 0. The number of hydrogen-bond acceptors (Lipinski definition) is 1. The molecule has 0 saturated heterocycles. The lowest BCUT2D eigenvalue weighted by molar-refractivity contribution is 0.134. The monoisotopic (exact) mass is 408 g/mol. The lowest BCUT2D eigenvalue weighted by atomic mass is 9.54. The summed E-state index contributed by atoms with van der Waals surface area (Å²) in [7, 11) is 1.78. The second-order valence-corrected chi connectivity index (χ2v) is 9.45. The molecule has 0 unspecified atom stereocenters. The highest BCUT2D eigenvalue weighted by Gasteiger charge is 2.45. The van der Waals surface area contributed by atoms with Gasteiger partial charge in [-0.15, -0.1) is 0 Å². The van der Waals surface area contributed by atoms with Crippen molar-refractivity contribution in [3.63, 3.8) is 0 Å². The largest absolute Gasteiger partial charge is 0.497 e. The zero-order valence-electron chi connectivity index (χ0n) is 18.7. The summed E-state index contributed by atoms with van der Waals surface area (Å²) in [6, 6.07) is 28.6. The van der Waals surface area contributed by atoms with Crippen LogP contribution in [0, 0.1) is 11.8 Å². The van der Waals surface area contributed by atoms with Gasteiger partial charge in [0.15, 0.2) is 0 Å². The van der Waals surface area contributed by atoms with Gasteiger partial charge in [0, 0.05) is 0 Å². The quantitative estimate of drug-likeness (QED) is 0.436. The number of benzene rings is 3. The fourth-order valence-corrected chi connectivity index (χ4v) is 6.18. The molecule has 3 aromatic carbocycles. The maximum absolute atomic E-state index is 5.60. The van der Waals surface area contributed by atoms with E-state index in [4.69, 9.17) is 4.74 Å². The molecule has 1 saturated carbocycles. The highest BCUT2D eigenvalue weighted by Crippen LogP contribution is 2.53. The lowest BCUT2D eigenvalue weighted by Crippen LogP contribution is -2.43. The van der Waals surface area contributed by atoms with Crippen molar-refractivity contribution >= 4 is 5.57 Å². The van der Waals surface area contributed by atoms with Crippen LogP contribution in [0.25, 0.3) is 5.57 Å². The Hall–Kier alpha value is -2.80. The van der Waals surface area contributed by atoms with E-state index in [0.717, 1.165) is 5.75 Å². The summed E-state index contributed by atoms with van der Waals surface area (Å²) in [6.45, 7) is 2.51. The van der Waals surface area contributed by atoms with Crippen LogP contribution in [0.15, 0.2) is 84.9 Å². The molecule has 1 heteroatoms. The second-order valence-electron chi connectivity index (χ2n) is 9.45. The fourth-order valence-electron chi connectivity index (χ4n) is 6.18. The van der Waals surface area contributed by atoms with Crippen molar-refractivity contribution in [1.82, 2.24) is 0 Å². The van der Waals surface area contributed by atoms with Crippen molar-refractivity contribution in [3.8, 4) is 5.75 Å². The van der Waals surface area contributed by atoms with Crippen LogP contribution in [-0.2, 0) is 11.8 Å². The molecular formula is C30H32O.